The number of halogens is 1. The number of ether oxygens (including phenoxy) is 1. The first-order valence-corrected chi connectivity index (χ1v) is 7.51. The minimum Gasteiger partial charge on any atom is -0.383 e. The molecule has 0 aliphatic heterocycles. The minimum absolute atomic E-state index is 0.509. The molecule has 3 heteroatoms. The molecule has 1 unspecified atom stereocenters. The van der Waals surface area contributed by atoms with Gasteiger partial charge in [0, 0.05) is 25.0 Å². The fraction of sp³-hybridized carbons (Fsp3) is 1.00. The number of rotatable bonds is 6. The van der Waals surface area contributed by atoms with E-state index in [9.17, 15) is 0 Å². The number of hydrogen-bond donors (Lipinski definition) is 0. The number of alkyl halides is 1. The first kappa shape index (κ1) is 14.5. The summed E-state index contributed by atoms with van der Waals surface area (Å²) in [6.07, 6.45) is 6.98. The van der Waals surface area contributed by atoms with E-state index in [0.29, 0.717) is 11.5 Å². The molecule has 0 bridgehead atoms. The lowest BCUT2D eigenvalue weighted by Gasteiger charge is -2.40. The number of likely N-dealkylation sites (N-methyl/N-ethyl adjacent to an activating group) is 1. The SMILES string of the molecule is COCC(C)N(C)CC1(CBr)CCCCC1. The second kappa shape index (κ2) is 6.97. The van der Waals surface area contributed by atoms with Crippen molar-refractivity contribution in [1.29, 1.82) is 0 Å². The van der Waals surface area contributed by atoms with Crippen molar-refractivity contribution in [2.45, 2.75) is 45.1 Å². The van der Waals surface area contributed by atoms with Crippen LogP contribution in [0.25, 0.3) is 0 Å². The highest BCUT2D eigenvalue weighted by atomic mass is 79.9. The van der Waals surface area contributed by atoms with Gasteiger partial charge in [0.25, 0.3) is 0 Å². The molecule has 16 heavy (non-hydrogen) atoms. The van der Waals surface area contributed by atoms with Crippen molar-refractivity contribution in [3.8, 4) is 0 Å². The molecule has 0 aromatic carbocycles. The zero-order chi connectivity index (χ0) is 12.0. The highest BCUT2D eigenvalue weighted by Crippen LogP contribution is 2.38. The molecule has 0 radical (unpaired) electrons. The second-order valence-electron chi connectivity index (χ2n) is 5.41. The van der Waals surface area contributed by atoms with Crippen LogP contribution in [0, 0.1) is 5.41 Å². The van der Waals surface area contributed by atoms with Gasteiger partial charge in [0.05, 0.1) is 6.61 Å². The first-order chi connectivity index (χ1) is 7.63. The van der Waals surface area contributed by atoms with Crippen molar-refractivity contribution >= 4 is 15.9 Å². The first-order valence-electron chi connectivity index (χ1n) is 6.39. The van der Waals surface area contributed by atoms with Crippen molar-refractivity contribution in [1.82, 2.24) is 4.90 Å². The van der Waals surface area contributed by atoms with E-state index in [1.807, 2.05) is 0 Å². The Morgan fingerprint density at radius 1 is 1.31 bits per heavy atom. The molecule has 0 aromatic rings. The molecule has 1 atom stereocenters. The fourth-order valence-electron chi connectivity index (χ4n) is 2.69. The third-order valence-corrected chi connectivity index (χ3v) is 5.13. The van der Waals surface area contributed by atoms with Crippen molar-refractivity contribution < 1.29 is 4.74 Å². The Morgan fingerprint density at radius 2 is 1.94 bits per heavy atom. The molecule has 96 valence electrons. The van der Waals surface area contributed by atoms with Gasteiger partial charge in [-0.25, -0.2) is 0 Å². The lowest BCUT2D eigenvalue weighted by Crippen LogP contribution is -2.43. The molecule has 0 N–H and O–H groups in total. The van der Waals surface area contributed by atoms with Crippen LogP contribution in [0.3, 0.4) is 0 Å². The van der Waals surface area contributed by atoms with Crippen LogP contribution in [0.2, 0.25) is 0 Å². The largest absolute Gasteiger partial charge is 0.383 e. The van der Waals surface area contributed by atoms with Crippen molar-refractivity contribution in [3.05, 3.63) is 0 Å². The lowest BCUT2D eigenvalue weighted by atomic mass is 9.75. The van der Waals surface area contributed by atoms with Gasteiger partial charge in [0.2, 0.25) is 0 Å². The fourth-order valence-corrected chi connectivity index (χ4v) is 3.43. The monoisotopic (exact) mass is 291 g/mol. The standard InChI is InChI=1S/C13H26BrNO/c1-12(9-16-3)15(2)11-13(10-14)7-5-4-6-8-13/h12H,4-11H2,1-3H3. The van der Waals surface area contributed by atoms with Crippen LogP contribution in [0.1, 0.15) is 39.0 Å². The van der Waals surface area contributed by atoms with E-state index < -0.39 is 0 Å². The number of methoxy groups -OCH3 is 1. The molecule has 0 spiro atoms. The molecule has 0 saturated heterocycles. The molecule has 1 aliphatic rings. The smallest absolute Gasteiger partial charge is 0.0615 e. The minimum atomic E-state index is 0.509. The molecular weight excluding hydrogens is 266 g/mol. The summed E-state index contributed by atoms with van der Waals surface area (Å²) in [6, 6.07) is 0.517. The van der Waals surface area contributed by atoms with Crippen LogP contribution in [0.4, 0.5) is 0 Å². The predicted octanol–water partition coefficient (Wildman–Crippen LogP) is 3.30. The van der Waals surface area contributed by atoms with E-state index in [1.54, 1.807) is 7.11 Å². The van der Waals surface area contributed by atoms with Gasteiger partial charge >= 0.3 is 0 Å². The molecule has 1 rings (SSSR count). The van der Waals surface area contributed by atoms with Gasteiger partial charge in [0.15, 0.2) is 0 Å². The van der Waals surface area contributed by atoms with Crippen molar-refractivity contribution in [2.24, 2.45) is 5.41 Å². The third-order valence-electron chi connectivity index (χ3n) is 3.94. The van der Waals surface area contributed by atoms with Gasteiger partial charge in [0.1, 0.15) is 0 Å². The molecule has 0 aromatic heterocycles. The molecule has 1 saturated carbocycles. The number of hydrogen-bond acceptors (Lipinski definition) is 2. The van der Waals surface area contributed by atoms with E-state index in [-0.39, 0.29) is 0 Å². The van der Waals surface area contributed by atoms with Crippen LogP contribution in [0.15, 0.2) is 0 Å². The molecule has 2 nitrogen and oxygen atoms in total. The highest BCUT2D eigenvalue weighted by Gasteiger charge is 2.32. The summed E-state index contributed by atoms with van der Waals surface area (Å²) in [5.74, 6) is 0. The van der Waals surface area contributed by atoms with Gasteiger partial charge in [-0.1, -0.05) is 35.2 Å². The number of nitrogens with zero attached hydrogens (tertiary/aromatic N) is 1. The van der Waals surface area contributed by atoms with Crippen LogP contribution in [-0.2, 0) is 4.74 Å². The Hall–Kier alpha value is 0.400. The summed E-state index contributed by atoms with van der Waals surface area (Å²) in [5, 5.41) is 1.14. The van der Waals surface area contributed by atoms with Crippen LogP contribution >= 0.6 is 15.9 Å². The van der Waals surface area contributed by atoms with Gasteiger partial charge in [-0.15, -0.1) is 0 Å². The lowest BCUT2D eigenvalue weighted by molar-refractivity contribution is 0.0732. The maximum atomic E-state index is 5.23. The van der Waals surface area contributed by atoms with Gasteiger partial charge in [-0.05, 0) is 32.2 Å². The summed E-state index contributed by atoms with van der Waals surface area (Å²) in [7, 11) is 4.01. The van der Waals surface area contributed by atoms with Crippen LogP contribution in [-0.4, -0.2) is 43.6 Å². The van der Waals surface area contributed by atoms with Crippen LogP contribution < -0.4 is 0 Å². The Labute approximate surface area is 109 Å². The van der Waals surface area contributed by atoms with E-state index in [4.69, 9.17) is 4.74 Å². The van der Waals surface area contributed by atoms with E-state index >= 15 is 0 Å². The molecule has 1 aliphatic carbocycles. The van der Waals surface area contributed by atoms with Crippen molar-refractivity contribution in [3.63, 3.8) is 0 Å². The zero-order valence-electron chi connectivity index (χ0n) is 11.0. The summed E-state index contributed by atoms with van der Waals surface area (Å²) in [6.45, 7) is 4.27. The molecule has 0 amide bonds. The topological polar surface area (TPSA) is 12.5 Å². The summed E-state index contributed by atoms with van der Waals surface area (Å²) < 4.78 is 5.23. The predicted molar refractivity (Wildman–Crippen MR) is 73.3 cm³/mol. The van der Waals surface area contributed by atoms with Gasteiger partial charge in [-0.3, -0.25) is 0 Å². The summed E-state index contributed by atoms with van der Waals surface area (Å²) in [5.41, 5.74) is 0.509. The van der Waals surface area contributed by atoms with E-state index in [1.165, 1.54) is 38.6 Å². The molecule has 1 fully saturated rings. The Bertz CT molecular complexity index is 192. The molecule has 0 heterocycles. The maximum Gasteiger partial charge on any atom is 0.0615 e. The quantitative estimate of drug-likeness (QED) is 0.696. The van der Waals surface area contributed by atoms with Gasteiger partial charge in [-0.2, -0.15) is 0 Å². The molecular formula is C13H26BrNO. The Morgan fingerprint density at radius 3 is 2.44 bits per heavy atom. The van der Waals surface area contributed by atoms with E-state index in [2.05, 4.69) is 34.8 Å². The van der Waals surface area contributed by atoms with Crippen LogP contribution in [0.5, 0.6) is 0 Å². The maximum absolute atomic E-state index is 5.23. The zero-order valence-corrected chi connectivity index (χ0v) is 12.6. The van der Waals surface area contributed by atoms with Gasteiger partial charge < -0.3 is 9.64 Å². The van der Waals surface area contributed by atoms with E-state index in [0.717, 1.165) is 11.9 Å². The summed E-state index contributed by atoms with van der Waals surface area (Å²) in [4.78, 5) is 2.45. The normalized spacial score (nSPS) is 22.3. The Balaban J connectivity index is 2.48. The third kappa shape index (κ3) is 4.01. The average molecular weight is 292 g/mol. The average Bonchev–Trinajstić information content (AvgIpc) is 2.30. The summed E-state index contributed by atoms with van der Waals surface area (Å²) >= 11 is 3.73. The Kier molecular flexibility index (Phi) is 6.30. The highest BCUT2D eigenvalue weighted by molar-refractivity contribution is 9.09. The second-order valence-corrected chi connectivity index (χ2v) is 5.97. The van der Waals surface area contributed by atoms with Crippen molar-refractivity contribution in [2.75, 3.05) is 32.6 Å².